The lowest BCUT2D eigenvalue weighted by Gasteiger charge is -2.48. The van der Waals surface area contributed by atoms with Crippen molar-refractivity contribution in [3.63, 3.8) is 0 Å². The summed E-state index contributed by atoms with van der Waals surface area (Å²) in [5.41, 5.74) is 2.41. The average molecular weight is 346 g/mol. The molecule has 4 heteroatoms. The number of carboxylic acid groups (broad SMARTS) is 1. The van der Waals surface area contributed by atoms with E-state index in [1.54, 1.807) is 6.08 Å². The predicted octanol–water partition coefficient (Wildman–Crippen LogP) is 3.34. The predicted molar refractivity (Wildman–Crippen MR) is 98.9 cm³/mol. The summed E-state index contributed by atoms with van der Waals surface area (Å²) in [6, 6.07) is 0. The van der Waals surface area contributed by atoms with Crippen molar-refractivity contribution in [3.8, 4) is 0 Å². The van der Waals surface area contributed by atoms with Crippen LogP contribution in [0.2, 0.25) is 0 Å². The molecule has 2 rings (SSSR count). The van der Waals surface area contributed by atoms with Gasteiger partial charge in [0.25, 0.3) is 0 Å². The van der Waals surface area contributed by atoms with Crippen LogP contribution in [0.5, 0.6) is 0 Å². The minimum absolute atomic E-state index is 0.0212. The van der Waals surface area contributed by atoms with Crippen molar-refractivity contribution in [2.24, 2.45) is 29.6 Å². The lowest BCUT2D eigenvalue weighted by atomic mass is 9.57. The zero-order chi connectivity index (χ0) is 18.6. The maximum absolute atomic E-state index is 10.7. The SMILES string of the molecule is CC1=C[C@@H]2C[C@H](O)C[C@H](C)[C@H]2[C@H](/C=C/C=C/C(=O)O)[C@@H]1/C(C)=C/CO. The van der Waals surface area contributed by atoms with Crippen LogP contribution in [0.1, 0.15) is 33.6 Å². The standard InChI is InChI=1S/C21H30O4/c1-13(8-9-22)20-14(2)10-16-12-17(23)11-15(3)21(16)18(20)6-4-5-7-19(24)25/h4-8,10,15-18,20-23H,9,11-12H2,1-3H3,(H,24,25)/b6-4+,7-5+,13-8+/t15-,16+,17+,18+,20+,21+/m0/s1. The van der Waals surface area contributed by atoms with Crippen molar-refractivity contribution in [3.05, 3.63) is 47.6 Å². The van der Waals surface area contributed by atoms with Crippen molar-refractivity contribution in [2.45, 2.75) is 39.7 Å². The van der Waals surface area contributed by atoms with Gasteiger partial charge < -0.3 is 15.3 Å². The van der Waals surface area contributed by atoms with Crippen LogP contribution < -0.4 is 0 Å². The van der Waals surface area contributed by atoms with Gasteiger partial charge in [-0.15, -0.1) is 0 Å². The zero-order valence-electron chi connectivity index (χ0n) is 15.3. The summed E-state index contributed by atoms with van der Waals surface area (Å²) in [4.78, 5) is 10.7. The topological polar surface area (TPSA) is 77.8 Å². The van der Waals surface area contributed by atoms with E-state index in [0.29, 0.717) is 17.8 Å². The fourth-order valence-electron chi connectivity index (χ4n) is 4.89. The fourth-order valence-corrected chi connectivity index (χ4v) is 4.89. The van der Waals surface area contributed by atoms with Gasteiger partial charge in [-0.05, 0) is 50.4 Å². The monoisotopic (exact) mass is 346 g/mol. The summed E-state index contributed by atoms with van der Waals surface area (Å²) in [6.45, 7) is 6.39. The van der Waals surface area contributed by atoms with E-state index in [4.69, 9.17) is 5.11 Å². The van der Waals surface area contributed by atoms with Crippen molar-refractivity contribution < 1.29 is 20.1 Å². The van der Waals surface area contributed by atoms with Gasteiger partial charge >= 0.3 is 5.97 Å². The van der Waals surface area contributed by atoms with Crippen LogP contribution in [0.4, 0.5) is 0 Å². The number of hydrogen-bond donors (Lipinski definition) is 3. The number of allylic oxidation sites excluding steroid dienone is 6. The van der Waals surface area contributed by atoms with Crippen LogP contribution in [0.15, 0.2) is 47.6 Å². The van der Waals surface area contributed by atoms with Gasteiger partial charge in [-0.25, -0.2) is 4.79 Å². The highest BCUT2D eigenvalue weighted by atomic mass is 16.4. The van der Waals surface area contributed by atoms with E-state index in [1.165, 1.54) is 5.57 Å². The highest BCUT2D eigenvalue weighted by Crippen LogP contribution is 2.50. The van der Waals surface area contributed by atoms with Gasteiger partial charge in [-0.2, -0.15) is 0 Å². The van der Waals surface area contributed by atoms with Crippen LogP contribution in [-0.4, -0.2) is 34.0 Å². The fraction of sp³-hybridized carbons (Fsp3) is 0.571. The molecule has 0 radical (unpaired) electrons. The van der Waals surface area contributed by atoms with Gasteiger partial charge in [0.15, 0.2) is 0 Å². The third-order valence-corrected chi connectivity index (χ3v) is 5.72. The molecule has 6 atom stereocenters. The summed E-state index contributed by atoms with van der Waals surface area (Å²) < 4.78 is 0. The van der Waals surface area contributed by atoms with E-state index in [0.717, 1.165) is 24.5 Å². The molecule has 0 aliphatic heterocycles. The molecule has 1 fully saturated rings. The number of hydrogen-bond acceptors (Lipinski definition) is 3. The molecule has 1 saturated carbocycles. The molecular weight excluding hydrogens is 316 g/mol. The van der Waals surface area contributed by atoms with Crippen LogP contribution in [0.3, 0.4) is 0 Å². The van der Waals surface area contributed by atoms with Crippen LogP contribution >= 0.6 is 0 Å². The Morgan fingerprint density at radius 1 is 1.32 bits per heavy atom. The maximum atomic E-state index is 10.7. The maximum Gasteiger partial charge on any atom is 0.328 e. The Morgan fingerprint density at radius 2 is 2.04 bits per heavy atom. The van der Waals surface area contributed by atoms with Crippen molar-refractivity contribution >= 4 is 5.97 Å². The van der Waals surface area contributed by atoms with Gasteiger partial charge in [0.1, 0.15) is 0 Å². The molecule has 3 N–H and O–H groups in total. The molecule has 2 aliphatic carbocycles. The molecule has 2 aliphatic rings. The van der Waals surface area contributed by atoms with Gasteiger partial charge in [-0.3, -0.25) is 0 Å². The van der Waals surface area contributed by atoms with Crippen molar-refractivity contribution in [2.75, 3.05) is 6.61 Å². The normalized spacial score (nSPS) is 36.5. The van der Waals surface area contributed by atoms with Crippen LogP contribution in [0, 0.1) is 29.6 Å². The van der Waals surface area contributed by atoms with E-state index < -0.39 is 5.97 Å². The molecule has 138 valence electrons. The first kappa shape index (κ1) is 19.7. The first-order valence-corrected chi connectivity index (χ1v) is 9.06. The Balaban J connectivity index is 2.40. The Bertz CT molecular complexity index is 599. The molecule has 0 aromatic heterocycles. The number of carbonyl (C=O) groups is 1. The number of aliphatic carboxylic acids is 1. The molecule has 0 unspecified atom stereocenters. The molecule has 4 nitrogen and oxygen atoms in total. The Labute approximate surface area is 150 Å². The van der Waals surface area contributed by atoms with Gasteiger partial charge in [0.2, 0.25) is 0 Å². The van der Waals surface area contributed by atoms with Crippen molar-refractivity contribution in [1.29, 1.82) is 0 Å². The molecule has 0 bridgehead atoms. The second-order valence-corrected chi connectivity index (χ2v) is 7.52. The largest absolute Gasteiger partial charge is 0.478 e. The Morgan fingerprint density at radius 3 is 2.68 bits per heavy atom. The second-order valence-electron chi connectivity index (χ2n) is 7.52. The summed E-state index contributed by atoms with van der Waals surface area (Å²) in [5, 5.41) is 28.2. The molecule has 0 spiro atoms. The first-order valence-electron chi connectivity index (χ1n) is 9.06. The Hall–Kier alpha value is -1.65. The Kier molecular flexibility index (Phi) is 6.79. The number of aliphatic hydroxyl groups excluding tert-OH is 2. The number of fused-ring (bicyclic) bond motifs is 1. The lowest BCUT2D eigenvalue weighted by Crippen LogP contribution is -2.42. The van der Waals surface area contributed by atoms with E-state index in [-0.39, 0.29) is 24.5 Å². The van der Waals surface area contributed by atoms with E-state index in [1.807, 2.05) is 12.2 Å². The van der Waals surface area contributed by atoms with E-state index >= 15 is 0 Å². The highest BCUT2D eigenvalue weighted by Gasteiger charge is 2.44. The molecular formula is C21H30O4. The molecule has 25 heavy (non-hydrogen) atoms. The summed E-state index contributed by atoms with van der Waals surface area (Å²) in [6.07, 6.45) is 12.2. The number of rotatable bonds is 5. The van der Waals surface area contributed by atoms with E-state index in [9.17, 15) is 15.0 Å². The third kappa shape index (κ3) is 4.71. The van der Waals surface area contributed by atoms with Gasteiger partial charge in [-0.1, -0.05) is 48.5 Å². The summed E-state index contributed by atoms with van der Waals surface area (Å²) in [5.74, 6) is 0.632. The number of carboxylic acids is 1. The zero-order valence-corrected chi connectivity index (χ0v) is 15.3. The minimum atomic E-state index is -0.954. The van der Waals surface area contributed by atoms with Crippen LogP contribution in [0.25, 0.3) is 0 Å². The van der Waals surface area contributed by atoms with Crippen LogP contribution in [-0.2, 0) is 4.79 Å². The van der Waals surface area contributed by atoms with E-state index in [2.05, 4.69) is 32.9 Å². The molecule has 0 amide bonds. The van der Waals surface area contributed by atoms with Crippen molar-refractivity contribution in [1.82, 2.24) is 0 Å². The lowest BCUT2D eigenvalue weighted by molar-refractivity contribution is -0.131. The first-order chi connectivity index (χ1) is 11.8. The van der Waals surface area contributed by atoms with Gasteiger partial charge in [0, 0.05) is 12.0 Å². The smallest absolute Gasteiger partial charge is 0.328 e. The summed E-state index contributed by atoms with van der Waals surface area (Å²) in [7, 11) is 0. The number of aliphatic hydroxyl groups is 2. The second kappa shape index (κ2) is 8.63. The molecule has 0 saturated heterocycles. The molecule has 0 aromatic rings. The highest BCUT2D eigenvalue weighted by molar-refractivity contribution is 5.80. The summed E-state index contributed by atoms with van der Waals surface area (Å²) >= 11 is 0. The third-order valence-electron chi connectivity index (χ3n) is 5.72. The average Bonchev–Trinajstić information content (AvgIpc) is 2.50. The molecule has 0 heterocycles. The quantitative estimate of drug-likeness (QED) is 0.405. The van der Waals surface area contributed by atoms with Gasteiger partial charge in [0.05, 0.1) is 12.7 Å². The minimum Gasteiger partial charge on any atom is -0.478 e. The molecule has 0 aromatic carbocycles.